The number of alkyl halides is 3. The number of hydrogen-bond acceptors (Lipinski definition) is 5. The first-order chi connectivity index (χ1) is 11.1. The van der Waals surface area contributed by atoms with Crippen LogP contribution in [-0.2, 0) is 16.4 Å². The van der Waals surface area contributed by atoms with Gasteiger partial charge < -0.3 is 5.32 Å². The Morgan fingerprint density at radius 3 is 2.50 bits per heavy atom. The third kappa shape index (κ3) is 4.92. The van der Waals surface area contributed by atoms with E-state index in [9.17, 15) is 18.0 Å². The minimum Gasteiger partial charge on any atom is -0.376 e. The van der Waals surface area contributed by atoms with Crippen molar-refractivity contribution in [3.63, 3.8) is 0 Å². The number of nitrogens with one attached hydrogen (secondary N) is 2. The number of hydrogen-bond donors (Lipinski definition) is 2. The maximum Gasteiger partial charge on any atom is 0.416 e. The van der Waals surface area contributed by atoms with Crippen LogP contribution in [0.15, 0.2) is 24.3 Å². The molecule has 0 atom stereocenters. The molecule has 0 aliphatic heterocycles. The smallest absolute Gasteiger partial charge is 0.376 e. The normalized spacial score (nSPS) is 12.1. The number of nitrogens with zero attached hydrogens (tertiary/aromatic N) is 2. The highest BCUT2D eigenvalue weighted by atomic mass is 32.1. The minimum atomic E-state index is -4.42. The van der Waals surface area contributed by atoms with Crippen LogP contribution in [0, 0.1) is 0 Å². The monoisotopic (exact) mass is 358 g/mol. The molecular weight excluding hydrogens is 341 g/mol. The van der Waals surface area contributed by atoms with Crippen molar-refractivity contribution in [2.75, 3.05) is 17.2 Å². The standard InChI is InChI=1S/C15H17F3N4OS/c1-14(2,3)12-21-22-13(24-12)20-11(23)8-19-10-6-4-5-9(7-10)15(16,17)18/h4-7,19H,8H2,1-3H3,(H,20,22,23). The average molecular weight is 358 g/mol. The molecule has 1 aromatic heterocycles. The van der Waals surface area contributed by atoms with Crippen molar-refractivity contribution in [1.29, 1.82) is 0 Å². The molecule has 0 aliphatic carbocycles. The van der Waals surface area contributed by atoms with E-state index >= 15 is 0 Å². The van der Waals surface area contributed by atoms with Gasteiger partial charge in [0, 0.05) is 11.1 Å². The zero-order valence-corrected chi connectivity index (χ0v) is 14.2. The Hall–Kier alpha value is -2.16. The number of carbonyl (C=O) groups excluding carboxylic acids is 1. The highest BCUT2D eigenvalue weighted by Crippen LogP contribution is 2.30. The van der Waals surface area contributed by atoms with E-state index in [1.165, 1.54) is 23.5 Å². The second kappa shape index (κ2) is 6.76. The number of halogens is 3. The Morgan fingerprint density at radius 2 is 1.92 bits per heavy atom. The summed E-state index contributed by atoms with van der Waals surface area (Å²) in [6, 6.07) is 4.67. The van der Waals surface area contributed by atoms with Gasteiger partial charge in [-0.3, -0.25) is 10.1 Å². The molecule has 0 unspecified atom stereocenters. The molecule has 1 heterocycles. The highest BCUT2D eigenvalue weighted by Gasteiger charge is 2.30. The van der Waals surface area contributed by atoms with Crippen LogP contribution in [0.1, 0.15) is 31.3 Å². The van der Waals surface area contributed by atoms with Crippen molar-refractivity contribution >= 4 is 28.1 Å². The second-order valence-corrected chi connectivity index (χ2v) is 7.12. The molecule has 24 heavy (non-hydrogen) atoms. The Bertz CT molecular complexity index is 722. The first kappa shape index (κ1) is 18.2. The molecule has 5 nitrogen and oxygen atoms in total. The lowest BCUT2D eigenvalue weighted by atomic mass is 9.98. The summed E-state index contributed by atoms with van der Waals surface area (Å²) < 4.78 is 37.9. The largest absolute Gasteiger partial charge is 0.416 e. The molecule has 2 aromatic rings. The number of carbonyl (C=O) groups is 1. The molecule has 1 aromatic carbocycles. The van der Waals surface area contributed by atoms with E-state index in [2.05, 4.69) is 20.8 Å². The predicted octanol–water partition coefficient (Wildman–Crippen LogP) is 3.91. The fourth-order valence-electron chi connectivity index (χ4n) is 1.73. The lowest BCUT2D eigenvalue weighted by molar-refractivity contribution is -0.137. The Morgan fingerprint density at radius 1 is 1.21 bits per heavy atom. The summed E-state index contributed by atoms with van der Waals surface area (Å²) in [4.78, 5) is 11.9. The maximum atomic E-state index is 12.6. The van der Waals surface area contributed by atoms with E-state index < -0.39 is 17.6 Å². The molecule has 1 amide bonds. The number of rotatable bonds is 4. The molecule has 2 rings (SSSR count). The number of benzene rings is 1. The predicted molar refractivity (Wildman–Crippen MR) is 87.2 cm³/mol. The van der Waals surface area contributed by atoms with E-state index in [4.69, 9.17) is 0 Å². The van der Waals surface area contributed by atoms with Crippen molar-refractivity contribution in [1.82, 2.24) is 10.2 Å². The van der Waals surface area contributed by atoms with Crippen LogP contribution < -0.4 is 10.6 Å². The number of amides is 1. The average Bonchev–Trinajstić information content (AvgIpc) is 2.93. The number of aromatic nitrogens is 2. The summed E-state index contributed by atoms with van der Waals surface area (Å²) in [5, 5.41) is 14.3. The van der Waals surface area contributed by atoms with E-state index in [1.807, 2.05) is 20.8 Å². The quantitative estimate of drug-likeness (QED) is 0.870. The van der Waals surface area contributed by atoms with Crippen LogP contribution in [0.4, 0.5) is 24.0 Å². The van der Waals surface area contributed by atoms with Gasteiger partial charge in [0.05, 0.1) is 12.1 Å². The van der Waals surface area contributed by atoms with Crippen LogP contribution in [-0.4, -0.2) is 22.6 Å². The topological polar surface area (TPSA) is 66.9 Å². The van der Waals surface area contributed by atoms with Gasteiger partial charge in [-0.15, -0.1) is 10.2 Å². The minimum absolute atomic E-state index is 0.170. The Labute approximate surface area is 141 Å². The van der Waals surface area contributed by atoms with E-state index in [0.29, 0.717) is 5.13 Å². The third-order valence-corrected chi connectivity index (χ3v) is 4.22. The summed E-state index contributed by atoms with van der Waals surface area (Å²) in [5.41, 5.74) is -0.726. The number of anilines is 2. The van der Waals surface area contributed by atoms with Crippen LogP contribution in [0.2, 0.25) is 0 Å². The Kier molecular flexibility index (Phi) is 5.12. The summed E-state index contributed by atoms with van der Waals surface area (Å²) in [6.45, 7) is 5.77. The van der Waals surface area contributed by atoms with Gasteiger partial charge in [-0.1, -0.05) is 38.2 Å². The molecule has 0 saturated carbocycles. The van der Waals surface area contributed by atoms with Crippen LogP contribution in [0.5, 0.6) is 0 Å². The molecular formula is C15H17F3N4OS. The zero-order chi connectivity index (χ0) is 18.0. The first-order valence-electron chi connectivity index (χ1n) is 7.11. The van der Waals surface area contributed by atoms with Gasteiger partial charge in [0.1, 0.15) is 5.01 Å². The molecule has 0 radical (unpaired) electrons. The van der Waals surface area contributed by atoms with Crippen LogP contribution in [0.3, 0.4) is 0 Å². The van der Waals surface area contributed by atoms with Gasteiger partial charge in [-0.05, 0) is 18.2 Å². The van der Waals surface area contributed by atoms with Gasteiger partial charge >= 0.3 is 6.18 Å². The van der Waals surface area contributed by atoms with Crippen molar-refractivity contribution in [2.45, 2.75) is 32.4 Å². The molecule has 0 fully saturated rings. The molecule has 0 aliphatic rings. The lowest BCUT2D eigenvalue weighted by Gasteiger charge is -2.12. The molecule has 2 N–H and O–H groups in total. The highest BCUT2D eigenvalue weighted by molar-refractivity contribution is 7.15. The maximum absolute atomic E-state index is 12.6. The molecule has 0 bridgehead atoms. The van der Waals surface area contributed by atoms with E-state index in [0.717, 1.165) is 17.1 Å². The van der Waals surface area contributed by atoms with E-state index in [-0.39, 0.29) is 17.6 Å². The summed E-state index contributed by atoms with van der Waals surface area (Å²) in [6.07, 6.45) is -4.42. The summed E-state index contributed by atoms with van der Waals surface area (Å²) in [5.74, 6) is -0.413. The zero-order valence-electron chi connectivity index (χ0n) is 13.4. The van der Waals surface area contributed by atoms with Crippen molar-refractivity contribution in [3.8, 4) is 0 Å². The van der Waals surface area contributed by atoms with Crippen molar-refractivity contribution in [2.24, 2.45) is 0 Å². The van der Waals surface area contributed by atoms with Crippen molar-refractivity contribution in [3.05, 3.63) is 34.8 Å². The molecule has 0 saturated heterocycles. The van der Waals surface area contributed by atoms with Crippen molar-refractivity contribution < 1.29 is 18.0 Å². The fourth-order valence-corrected chi connectivity index (χ4v) is 2.55. The molecule has 0 spiro atoms. The van der Waals surface area contributed by atoms with Gasteiger partial charge in [0.15, 0.2) is 0 Å². The first-order valence-corrected chi connectivity index (χ1v) is 7.92. The SMILES string of the molecule is CC(C)(C)c1nnc(NC(=O)CNc2cccc(C(F)(F)F)c2)s1. The molecule has 9 heteroatoms. The van der Waals surface area contributed by atoms with Gasteiger partial charge in [0.25, 0.3) is 0 Å². The van der Waals surface area contributed by atoms with Gasteiger partial charge in [-0.25, -0.2) is 0 Å². The second-order valence-electron chi connectivity index (χ2n) is 6.14. The Balaban J connectivity index is 1.93. The van der Waals surface area contributed by atoms with Gasteiger partial charge in [0.2, 0.25) is 11.0 Å². The third-order valence-electron chi connectivity index (χ3n) is 2.96. The van der Waals surface area contributed by atoms with E-state index in [1.54, 1.807) is 0 Å². The summed E-state index contributed by atoms with van der Waals surface area (Å²) in [7, 11) is 0. The lowest BCUT2D eigenvalue weighted by Crippen LogP contribution is -2.21. The summed E-state index contributed by atoms with van der Waals surface area (Å²) >= 11 is 1.26. The molecule has 130 valence electrons. The van der Waals surface area contributed by atoms with Gasteiger partial charge in [-0.2, -0.15) is 13.2 Å². The fraction of sp³-hybridized carbons (Fsp3) is 0.400. The van der Waals surface area contributed by atoms with Crippen LogP contribution in [0.25, 0.3) is 0 Å². The van der Waals surface area contributed by atoms with Crippen LogP contribution >= 0.6 is 11.3 Å².